The van der Waals surface area contributed by atoms with E-state index >= 15 is 0 Å². The highest BCUT2D eigenvalue weighted by molar-refractivity contribution is 5.39. The fourth-order valence-corrected chi connectivity index (χ4v) is 1.65. The third-order valence-electron chi connectivity index (χ3n) is 2.71. The van der Waals surface area contributed by atoms with Crippen molar-refractivity contribution in [2.75, 3.05) is 0 Å². The molecule has 110 valence electrons. The molecule has 21 heavy (non-hydrogen) atoms. The first-order chi connectivity index (χ1) is 9.66. The zero-order valence-electron chi connectivity index (χ0n) is 10.4. The second-order valence-corrected chi connectivity index (χ2v) is 4.28. The minimum absolute atomic E-state index is 0.350. The van der Waals surface area contributed by atoms with E-state index in [-0.39, 0.29) is 0 Å². The summed E-state index contributed by atoms with van der Waals surface area (Å²) in [5, 5.41) is 0. The van der Waals surface area contributed by atoms with Crippen molar-refractivity contribution in [1.82, 2.24) is 0 Å². The highest BCUT2D eigenvalue weighted by Gasteiger charge is 2.30. The molecule has 0 aromatic heterocycles. The van der Waals surface area contributed by atoms with Gasteiger partial charge in [-0.25, -0.2) is 0 Å². The molecule has 0 aliphatic heterocycles. The van der Waals surface area contributed by atoms with Gasteiger partial charge in [0.1, 0.15) is 0 Å². The van der Waals surface area contributed by atoms with Crippen LogP contribution in [0.3, 0.4) is 0 Å². The zero-order valence-corrected chi connectivity index (χ0v) is 10.4. The van der Waals surface area contributed by atoms with Crippen LogP contribution in [0, 0.1) is 6.42 Å². The summed E-state index contributed by atoms with van der Waals surface area (Å²) in [5.74, 6) is 0. The summed E-state index contributed by atoms with van der Waals surface area (Å²) in [6, 6.07) is 8.42. The van der Waals surface area contributed by atoms with Crippen LogP contribution in [0.4, 0.5) is 26.3 Å². The van der Waals surface area contributed by atoms with Crippen LogP contribution in [0.5, 0.6) is 0 Å². The first-order valence-corrected chi connectivity index (χ1v) is 5.78. The molecule has 0 spiro atoms. The molecule has 2 aromatic carbocycles. The van der Waals surface area contributed by atoms with Crippen molar-refractivity contribution in [1.29, 1.82) is 0 Å². The number of hydrogen-bond donors (Lipinski definition) is 0. The lowest BCUT2D eigenvalue weighted by Crippen LogP contribution is -2.05. The molecule has 0 saturated carbocycles. The molecule has 0 aliphatic rings. The Morgan fingerprint density at radius 2 is 0.810 bits per heavy atom. The van der Waals surface area contributed by atoms with Gasteiger partial charge in [0.2, 0.25) is 0 Å². The van der Waals surface area contributed by atoms with Crippen LogP contribution in [-0.2, 0) is 12.4 Å². The smallest absolute Gasteiger partial charge is 0.166 e. The van der Waals surface area contributed by atoms with Crippen LogP contribution in [-0.4, -0.2) is 0 Å². The highest BCUT2D eigenvalue weighted by Crippen LogP contribution is 2.31. The molecule has 0 fully saturated rings. The van der Waals surface area contributed by atoms with E-state index in [9.17, 15) is 26.3 Å². The average Bonchev–Trinajstić information content (AvgIpc) is 2.38. The fraction of sp³-hybridized carbons (Fsp3) is 0.133. The maximum atomic E-state index is 12.4. The van der Waals surface area contributed by atoms with E-state index in [4.69, 9.17) is 0 Å². The summed E-state index contributed by atoms with van der Waals surface area (Å²) in [7, 11) is 0. The number of alkyl halides is 6. The lowest BCUT2D eigenvalue weighted by atomic mass is 10.0. The zero-order chi connectivity index (χ0) is 15.7. The lowest BCUT2D eigenvalue weighted by Gasteiger charge is -2.08. The van der Waals surface area contributed by atoms with Crippen molar-refractivity contribution in [2.45, 2.75) is 12.4 Å². The van der Waals surface area contributed by atoms with E-state index in [1.807, 2.05) is 0 Å². The Bertz CT molecular complexity index is 535. The van der Waals surface area contributed by atoms with Gasteiger partial charge < -0.3 is 0 Å². The standard InChI is InChI=1S/C15H8F6/c16-14(17,18)12-5-1-10(2-6-12)9-11-3-7-13(8-4-11)15(19,20)21/h1-8H. The van der Waals surface area contributed by atoms with Crippen LogP contribution in [0.25, 0.3) is 0 Å². The van der Waals surface area contributed by atoms with Gasteiger partial charge in [-0.05, 0) is 35.4 Å². The Kier molecular flexibility index (Phi) is 3.98. The predicted octanol–water partition coefficient (Wildman–Crippen LogP) is 5.20. The number of benzene rings is 2. The molecule has 2 radical (unpaired) electrons. The first kappa shape index (κ1) is 15.4. The van der Waals surface area contributed by atoms with Gasteiger partial charge in [-0.1, -0.05) is 24.3 Å². The van der Waals surface area contributed by atoms with Crippen molar-refractivity contribution in [2.24, 2.45) is 0 Å². The molecule has 0 unspecified atom stereocenters. The largest absolute Gasteiger partial charge is 0.416 e. The van der Waals surface area contributed by atoms with Crippen LogP contribution < -0.4 is 0 Å². The van der Waals surface area contributed by atoms with E-state index < -0.39 is 23.5 Å². The quantitative estimate of drug-likeness (QED) is 0.669. The van der Waals surface area contributed by atoms with Crippen molar-refractivity contribution < 1.29 is 26.3 Å². The average molecular weight is 302 g/mol. The van der Waals surface area contributed by atoms with Gasteiger partial charge in [-0.2, -0.15) is 26.3 Å². The molecule has 2 rings (SSSR count). The first-order valence-electron chi connectivity index (χ1n) is 5.78. The molecule has 6 heteroatoms. The van der Waals surface area contributed by atoms with Gasteiger partial charge in [0, 0.05) is 0 Å². The Labute approximate surface area is 117 Å². The molecule has 0 bridgehead atoms. The van der Waals surface area contributed by atoms with Gasteiger partial charge in [0.05, 0.1) is 17.5 Å². The van der Waals surface area contributed by atoms with Crippen molar-refractivity contribution in [3.8, 4) is 0 Å². The Hall–Kier alpha value is -1.98. The topological polar surface area (TPSA) is 0 Å². The van der Waals surface area contributed by atoms with E-state index in [1.165, 1.54) is 24.3 Å². The second kappa shape index (κ2) is 5.42. The summed E-state index contributed by atoms with van der Waals surface area (Å²) in [6.07, 6.45) is -6.12. The van der Waals surface area contributed by atoms with Crippen molar-refractivity contribution in [3.05, 3.63) is 77.2 Å². The van der Waals surface area contributed by atoms with Gasteiger partial charge in [0.25, 0.3) is 0 Å². The highest BCUT2D eigenvalue weighted by atomic mass is 19.4. The van der Waals surface area contributed by atoms with E-state index in [2.05, 4.69) is 6.42 Å². The molecule has 0 aliphatic carbocycles. The number of halogens is 6. The molecule has 0 saturated heterocycles. The monoisotopic (exact) mass is 302 g/mol. The number of hydrogen-bond acceptors (Lipinski definition) is 0. The molecular weight excluding hydrogens is 294 g/mol. The molecule has 0 nitrogen and oxygen atoms in total. The normalized spacial score (nSPS) is 12.5. The predicted molar refractivity (Wildman–Crippen MR) is 64.3 cm³/mol. The molecule has 0 heterocycles. The van der Waals surface area contributed by atoms with Gasteiger partial charge >= 0.3 is 12.4 Å². The second-order valence-electron chi connectivity index (χ2n) is 4.28. The summed E-state index contributed by atoms with van der Waals surface area (Å²) >= 11 is 0. The minimum Gasteiger partial charge on any atom is -0.166 e. The Morgan fingerprint density at radius 1 is 0.524 bits per heavy atom. The molecule has 0 amide bonds. The van der Waals surface area contributed by atoms with Crippen LogP contribution in [0.2, 0.25) is 0 Å². The van der Waals surface area contributed by atoms with Gasteiger partial charge in [0.15, 0.2) is 0 Å². The molecule has 0 N–H and O–H groups in total. The summed E-state index contributed by atoms with van der Waals surface area (Å²) < 4.78 is 74.3. The molecular formula is C15H8F6. The van der Waals surface area contributed by atoms with Crippen LogP contribution in [0.15, 0.2) is 48.5 Å². The minimum atomic E-state index is -4.42. The van der Waals surface area contributed by atoms with Crippen LogP contribution in [0.1, 0.15) is 22.3 Å². The Morgan fingerprint density at radius 3 is 1.05 bits per heavy atom. The number of rotatable bonds is 2. The van der Waals surface area contributed by atoms with Gasteiger partial charge in [-0.3, -0.25) is 0 Å². The summed E-state index contributed by atoms with van der Waals surface area (Å²) in [6.45, 7) is 0. The third kappa shape index (κ3) is 4.00. The van der Waals surface area contributed by atoms with E-state index in [0.29, 0.717) is 11.1 Å². The van der Waals surface area contributed by atoms with Crippen molar-refractivity contribution >= 4 is 0 Å². The maximum absolute atomic E-state index is 12.4. The fourth-order valence-electron chi connectivity index (χ4n) is 1.65. The maximum Gasteiger partial charge on any atom is 0.416 e. The third-order valence-corrected chi connectivity index (χ3v) is 2.71. The molecule has 2 aromatic rings. The van der Waals surface area contributed by atoms with Crippen molar-refractivity contribution in [3.63, 3.8) is 0 Å². The molecule has 0 atom stereocenters. The van der Waals surface area contributed by atoms with E-state index in [0.717, 1.165) is 24.3 Å². The van der Waals surface area contributed by atoms with Gasteiger partial charge in [-0.15, -0.1) is 0 Å². The summed E-state index contributed by atoms with van der Waals surface area (Å²) in [4.78, 5) is 0. The van der Waals surface area contributed by atoms with Crippen LogP contribution >= 0.6 is 0 Å². The van der Waals surface area contributed by atoms with E-state index in [1.54, 1.807) is 0 Å². The lowest BCUT2D eigenvalue weighted by molar-refractivity contribution is -0.138. The Balaban J connectivity index is 2.12. The summed E-state index contributed by atoms with van der Waals surface area (Å²) in [5.41, 5.74) is -0.883. The SMILES string of the molecule is FC(F)(F)c1ccc([C]c2ccc(C(F)(F)F)cc2)cc1.